The number of carbonyl (C=O) groups is 1. The van der Waals surface area contributed by atoms with Crippen LogP contribution in [-0.2, 0) is 17.6 Å². The molecular formula is C23H29N3O2. The quantitative estimate of drug-likeness (QED) is 0.691. The highest BCUT2D eigenvalue weighted by Crippen LogP contribution is 2.31. The molecule has 1 saturated heterocycles. The summed E-state index contributed by atoms with van der Waals surface area (Å²) in [5, 5.41) is 0. The summed E-state index contributed by atoms with van der Waals surface area (Å²) in [6, 6.07) is 9.95. The maximum absolute atomic E-state index is 12.7. The molecule has 0 unspecified atom stereocenters. The Kier molecular flexibility index (Phi) is 6.22. The SMILES string of the molecule is O=C(Cc1cccnc1)N1CCc2cc(OCCCN3CCCCC3)ccc21. The number of nitrogens with zero attached hydrogens (tertiary/aromatic N) is 3. The van der Waals surface area contributed by atoms with E-state index in [1.165, 1.54) is 37.9 Å². The van der Waals surface area contributed by atoms with Gasteiger partial charge in [-0.05, 0) is 74.2 Å². The van der Waals surface area contributed by atoms with Crippen LogP contribution in [0.1, 0.15) is 36.8 Å². The third-order valence-electron chi connectivity index (χ3n) is 5.66. The van der Waals surface area contributed by atoms with Crippen molar-refractivity contribution in [1.82, 2.24) is 9.88 Å². The lowest BCUT2D eigenvalue weighted by molar-refractivity contribution is -0.117. The number of benzene rings is 1. The molecule has 0 bridgehead atoms. The topological polar surface area (TPSA) is 45.7 Å². The molecule has 4 rings (SSSR count). The standard InChI is InChI=1S/C23H29N3O2/c27-23(16-19-6-4-10-24-18-19)26-14-9-20-17-21(7-8-22(20)26)28-15-5-13-25-11-2-1-3-12-25/h4,6-8,10,17-18H,1-3,5,9,11-16H2. The molecular weight excluding hydrogens is 350 g/mol. The third kappa shape index (κ3) is 4.71. The normalized spacial score (nSPS) is 16.8. The number of hydrogen-bond acceptors (Lipinski definition) is 4. The molecule has 0 spiro atoms. The van der Waals surface area contributed by atoms with Gasteiger partial charge < -0.3 is 14.5 Å². The van der Waals surface area contributed by atoms with Gasteiger partial charge in [-0.1, -0.05) is 12.5 Å². The van der Waals surface area contributed by atoms with Crippen molar-refractivity contribution >= 4 is 11.6 Å². The Bertz CT molecular complexity index is 788. The molecule has 5 nitrogen and oxygen atoms in total. The van der Waals surface area contributed by atoms with Crippen LogP contribution in [0.5, 0.6) is 5.75 Å². The Hall–Kier alpha value is -2.40. The van der Waals surface area contributed by atoms with Crippen molar-refractivity contribution in [3.05, 3.63) is 53.9 Å². The van der Waals surface area contributed by atoms with Gasteiger partial charge in [-0.15, -0.1) is 0 Å². The Balaban J connectivity index is 1.28. The number of carbonyl (C=O) groups excluding carboxylic acids is 1. The van der Waals surface area contributed by atoms with E-state index in [-0.39, 0.29) is 5.91 Å². The van der Waals surface area contributed by atoms with Crippen molar-refractivity contribution in [3.63, 3.8) is 0 Å². The smallest absolute Gasteiger partial charge is 0.231 e. The Morgan fingerprint density at radius 3 is 2.82 bits per heavy atom. The summed E-state index contributed by atoms with van der Waals surface area (Å²) >= 11 is 0. The molecule has 3 heterocycles. The molecule has 1 amide bonds. The number of ether oxygens (including phenoxy) is 1. The van der Waals surface area contributed by atoms with E-state index in [0.717, 1.165) is 49.5 Å². The zero-order valence-electron chi connectivity index (χ0n) is 16.5. The number of amides is 1. The van der Waals surface area contributed by atoms with Crippen molar-refractivity contribution in [3.8, 4) is 5.75 Å². The van der Waals surface area contributed by atoms with Gasteiger partial charge in [-0.2, -0.15) is 0 Å². The molecule has 0 N–H and O–H groups in total. The van der Waals surface area contributed by atoms with Crippen molar-refractivity contribution in [2.24, 2.45) is 0 Å². The monoisotopic (exact) mass is 379 g/mol. The van der Waals surface area contributed by atoms with Gasteiger partial charge in [0.15, 0.2) is 0 Å². The van der Waals surface area contributed by atoms with Crippen LogP contribution in [0.4, 0.5) is 5.69 Å². The van der Waals surface area contributed by atoms with Crippen LogP contribution in [0.2, 0.25) is 0 Å². The van der Waals surface area contributed by atoms with Gasteiger partial charge in [0.1, 0.15) is 5.75 Å². The van der Waals surface area contributed by atoms with E-state index in [1.807, 2.05) is 29.2 Å². The molecule has 2 aliphatic rings. The van der Waals surface area contributed by atoms with Crippen LogP contribution < -0.4 is 9.64 Å². The van der Waals surface area contributed by atoms with E-state index in [0.29, 0.717) is 6.42 Å². The largest absolute Gasteiger partial charge is 0.494 e. The van der Waals surface area contributed by atoms with E-state index >= 15 is 0 Å². The molecule has 1 aromatic carbocycles. The predicted molar refractivity (Wildman–Crippen MR) is 111 cm³/mol. The highest BCUT2D eigenvalue weighted by atomic mass is 16.5. The van der Waals surface area contributed by atoms with Gasteiger partial charge >= 0.3 is 0 Å². The van der Waals surface area contributed by atoms with Crippen molar-refractivity contribution in [1.29, 1.82) is 0 Å². The molecule has 0 atom stereocenters. The van der Waals surface area contributed by atoms with Crippen LogP contribution in [0, 0.1) is 0 Å². The average molecular weight is 380 g/mol. The van der Waals surface area contributed by atoms with E-state index in [1.54, 1.807) is 12.4 Å². The van der Waals surface area contributed by atoms with E-state index in [4.69, 9.17) is 4.74 Å². The fourth-order valence-corrected chi connectivity index (χ4v) is 4.16. The van der Waals surface area contributed by atoms with Gasteiger partial charge in [-0.25, -0.2) is 0 Å². The van der Waals surface area contributed by atoms with Crippen LogP contribution in [0.3, 0.4) is 0 Å². The van der Waals surface area contributed by atoms with E-state index in [2.05, 4.69) is 16.0 Å². The Labute approximate surface area is 167 Å². The molecule has 0 aliphatic carbocycles. The van der Waals surface area contributed by atoms with Crippen LogP contribution in [-0.4, -0.2) is 48.6 Å². The van der Waals surface area contributed by atoms with Crippen molar-refractivity contribution in [2.45, 2.75) is 38.5 Å². The van der Waals surface area contributed by atoms with Gasteiger partial charge in [0.05, 0.1) is 13.0 Å². The summed E-state index contributed by atoms with van der Waals surface area (Å²) in [7, 11) is 0. The molecule has 1 aromatic heterocycles. The molecule has 28 heavy (non-hydrogen) atoms. The van der Waals surface area contributed by atoms with E-state index in [9.17, 15) is 4.79 Å². The first kappa shape index (κ1) is 18.9. The summed E-state index contributed by atoms with van der Waals surface area (Å²) in [6.45, 7) is 5.09. The number of likely N-dealkylation sites (tertiary alicyclic amines) is 1. The zero-order chi connectivity index (χ0) is 19.2. The lowest BCUT2D eigenvalue weighted by Gasteiger charge is -2.26. The van der Waals surface area contributed by atoms with Crippen LogP contribution >= 0.6 is 0 Å². The van der Waals surface area contributed by atoms with Gasteiger partial charge in [0, 0.05) is 31.2 Å². The first-order chi connectivity index (χ1) is 13.8. The summed E-state index contributed by atoms with van der Waals surface area (Å²) < 4.78 is 5.98. The number of anilines is 1. The first-order valence-corrected chi connectivity index (χ1v) is 10.5. The van der Waals surface area contributed by atoms with Gasteiger partial charge in [0.2, 0.25) is 5.91 Å². The lowest BCUT2D eigenvalue weighted by Crippen LogP contribution is -2.31. The number of fused-ring (bicyclic) bond motifs is 1. The highest BCUT2D eigenvalue weighted by molar-refractivity contribution is 5.96. The number of hydrogen-bond donors (Lipinski definition) is 0. The molecule has 0 saturated carbocycles. The van der Waals surface area contributed by atoms with Crippen LogP contribution in [0.25, 0.3) is 0 Å². The second-order valence-corrected chi connectivity index (χ2v) is 7.73. The van der Waals surface area contributed by atoms with Crippen molar-refractivity contribution in [2.75, 3.05) is 37.7 Å². The summed E-state index contributed by atoms with van der Waals surface area (Å²) in [4.78, 5) is 21.2. The number of rotatable bonds is 7. The Morgan fingerprint density at radius 2 is 2.00 bits per heavy atom. The van der Waals surface area contributed by atoms with E-state index < -0.39 is 0 Å². The van der Waals surface area contributed by atoms with Gasteiger partial charge in [0.25, 0.3) is 0 Å². The molecule has 0 radical (unpaired) electrons. The third-order valence-corrected chi connectivity index (χ3v) is 5.66. The predicted octanol–water partition coefficient (Wildman–Crippen LogP) is 3.47. The molecule has 2 aliphatic heterocycles. The first-order valence-electron chi connectivity index (χ1n) is 10.5. The highest BCUT2D eigenvalue weighted by Gasteiger charge is 2.25. The molecule has 5 heteroatoms. The Morgan fingerprint density at radius 1 is 1.11 bits per heavy atom. The van der Waals surface area contributed by atoms with Crippen LogP contribution in [0.15, 0.2) is 42.7 Å². The van der Waals surface area contributed by atoms with Crippen molar-refractivity contribution < 1.29 is 9.53 Å². The fourth-order valence-electron chi connectivity index (χ4n) is 4.16. The zero-order valence-corrected chi connectivity index (χ0v) is 16.5. The minimum atomic E-state index is 0.127. The second-order valence-electron chi connectivity index (χ2n) is 7.73. The lowest BCUT2D eigenvalue weighted by atomic mass is 10.1. The van der Waals surface area contributed by atoms with Gasteiger partial charge in [-0.3, -0.25) is 9.78 Å². The average Bonchev–Trinajstić information content (AvgIpc) is 3.16. The summed E-state index contributed by atoms with van der Waals surface area (Å²) in [5.74, 6) is 1.04. The maximum Gasteiger partial charge on any atom is 0.231 e. The molecule has 2 aromatic rings. The number of aromatic nitrogens is 1. The fraction of sp³-hybridized carbons (Fsp3) is 0.478. The molecule has 1 fully saturated rings. The number of piperidine rings is 1. The molecule has 148 valence electrons. The summed E-state index contributed by atoms with van der Waals surface area (Å²) in [6.07, 6.45) is 9.88. The second kappa shape index (κ2) is 9.20. The number of pyridine rings is 1. The minimum absolute atomic E-state index is 0.127. The maximum atomic E-state index is 12.7. The minimum Gasteiger partial charge on any atom is -0.494 e. The summed E-state index contributed by atoms with van der Waals surface area (Å²) in [5.41, 5.74) is 3.18.